The Morgan fingerprint density at radius 1 is 0.929 bits per heavy atom. The Hall–Kier alpha value is -3.31. The molecule has 3 aromatic rings. The molecule has 0 aliphatic carbocycles. The molecule has 1 saturated heterocycles. The zero-order valence-corrected chi connectivity index (χ0v) is 25.9. The summed E-state index contributed by atoms with van der Waals surface area (Å²) >= 11 is 12.5. The Balaban J connectivity index is 1.66. The lowest BCUT2D eigenvalue weighted by molar-refractivity contribution is 0.143. The van der Waals surface area contributed by atoms with Gasteiger partial charge in [0.15, 0.2) is 0 Å². The molecule has 2 aliphatic heterocycles. The van der Waals surface area contributed by atoms with Crippen molar-refractivity contribution in [2.24, 2.45) is 4.99 Å². The summed E-state index contributed by atoms with van der Waals surface area (Å²) in [7, 11) is -1.79. The number of ether oxygens (including phenoxy) is 2. The van der Waals surface area contributed by atoms with Crippen LogP contribution in [0.4, 0.5) is 4.79 Å². The minimum absolute atomic E-state index is 0.209. The molecule has 9 nitrogen and oxygen atoms in total. The molecule has 0 saturated carbocycles. The fourth-order valence-electron chi connectivity index (χ4n) is 5.31. The number of carbonyl (C=O) groups is 1. The highest BCUT2D eigenvalue weighted by Crippen LogP contribution is 2.46. The zero-order valence-electron chi connectivity index (χ0n) is 23.5. The van der Waals surface area contributed by atoms with E-state index < -0.39 is 22.1 Å². The fourth-order valence-corrected chi connectivity index (χ4v) is 6.39. The molecule has 1 fully saturated rings. The van der Waals surface area contributed by atoms with Gasteiger partial charge in [-0.1, -0.05) is 47.5 Å². The van der Waals surface area contributed by atoms with Gasteiger partial charge in [-0.15, -0.1) is 0 Å². The van der Waals surface area contributed by atoms with Crippen molar-refractivity contribution in [2.75, 3.05) is 46.2 Å². The Bertz CT molecular complexity index is 1570. The fraction of sp³-hybridized carbons (Fsp3) is 0.333. The van der Waals surface area contributed by atoms with E-state index in [4.69, 9.17) is 37.7 Å². The summed E-state index contributed by atoms with van der Waals surface area (Å²) in [5.41, 5.74) is 2.31. The van der Waals surface area contributed by atoms with Crippen molar-refractivity contribution in [1.29, 1.82) is 0 Å². The highest BCUT2D eigenvalue weighted by atomic mass is 35.5. The largest absolute Gasteiger partial charge is 0.497 e. The van der Waals surface area contributed by atoms with E-state index in [9.17, 15) is 13.2 Å². The minimum atomic E-state index is -3.37. The number of nitrogens with zero attached hydrogens (tertiary/aromatic N) is 4. The molecule has 3 aromatic carbocycles. The summed E-state index contributed by atoms with van der Waals surface area (Å²) in [6, 6.07) is 18.9. The van der Waals surface area contributed by atoms with Gasteiger partial charge in [-0.05, 0) is 60.5 Å². The zero-order chi connectivity index (χ0) is 30.0. The lowest BCUT2D eigenvalue weighted by Gasteiger charge is -2.38. The second kappa shape index (κ2) is 12.5. The number of benzene rings is 3. The molecular weight excluding hydrogens is 599 g/mol. The number of amidine groups is 1. The topological polar surface area (TPSA) is 91.8 Å². The third kappa shape index (κ3) is 6.22. The number of piperazine rings is 1. The Morgan fingerprint density at radius 2 is 1.52 bits per heavy atom. The quantitative estimate of drug-likeness (QED) is 0.337. The van der Waals surface area contributed by atoms with Crippen LogP contribution in [0.5, 0.6) is 11.5 Å². The van der Waals surface area contributed by atoms with Crippen LogP contribution < -0.4 is 9.47 Å². The number of rotatable bonds is 7. The number of methoxy groups -OCH3 is 1. The van der Waals surface area contributed by atoms with E-state index >= 15 is 0 Å². The van der Waals surface area contributed by atoms with Gasteiger partial charge < -0.3 is 14.4 Å². The molecule has 12 heteroatoms. The van der Waals surface area contributed by atoms with Gasteiger partial charge in [-0.25, -0.2) is 13.2 Å². The van der Waals surface area contributed by atoms with Crippen molar-refractivity contribution < 1.29 is 22.7 Å². The van der Waals surface area contributed by atoms with Crippen molar-refractivity contribution in [1.82, 2.24) is 14.1 Å². The second-order valence-electron chi connectivity index (χ2n) is 10.0. The minimum Gasteiger partial charge on any atom is -0.497 e. The number of hydrogen-bond acceptors (Lipinski definition) is 6. The van der Waals surface area contributed by atoms with Crippen LogP contribution in [0.25, 0.3) is 0 Å². The number of hydrogen-bond donors (Lipinski definition) is 0. The first-order valence-electron chi connectivity index (χ1n) is 13.5. The maximum Gasteiger partial charge on any atom is 0.326 e. The Morgan fingerprint density at radius 3 is 2.07 bits per heavy atom. The molecule has 0 spiro atoms. The molecule has 2 amide bonds. The normalized spacial score (nSPS) is 19.5. The highest BCUT2D eigenvalue weighted by Gasteiger charge is 2.45. The van der Waals surface area contributed by atoms with Crippen molar-refractivity contribution in [3.05, 3.63) is 93.5 Å². The molecule has 2 aliphatic rings. The molecule has 42 heavy (non-hydrogen) atoms. The average Bonchev–Trinajstić information content (AvgIpc) is 3.38. The molecule has 0 radical (unpaired) electrons. The molecule has 2 unspecified atom stereocenters. The van der Waals surface area contributed by atoms with Crippen molar-refractivity contribution in [2.45, 2.75) is 19.0 Å². The molecule has 2 heterocycles. The van der Waals surface area contributed by atoms with Gasteiger partial charge >= 0.3 is 6.03 Å². The molecule has 222 valence electrons. The Kier molecular flexibility index (Phi) is 8.98. The summed E-state index contributed by atoms with van der Waals surface area (Å²) in [5, 5.41) is 1.16. The molecule has 5 rings (SSSR count). The third-order valence-corrected chi connectivity index (χ3v) is 9.21. The van der Waals surface area contributed by atoms with Gasteiger partial charge in [0.05, 0.1) is 31.6 Å². The SMILES string of the molecule is CCOc1ccc(OC)cc1C1=NC(c2ccc(Cl)cc2)C(c2ccc(Cl)cc2)N1C(=O)N1CCN(S(C)(=O)=O)CC1. The number of aliphatic imine (C=N–C) groups is 1. The molecular formula is C30H32Cl2N4O5S. The summed E-state index contributed by atoms with van der Waals surface area (Å²) < 4.78 is 37.2. The average molecular weight is 632 g/mol. The van der Waals surface area contributed by atoms with Gasteiger partial charge in [-0.3, -0.25) is 9.89 Å². The van der Waals surface area contributed by atoms with Crippen LogP contribution in [-0.2, 0) is 10.0 Å². The lowest BCUT2D eigenvalue weighted by atomic mass is 9.93. The maximum atomic E-state index is 14.5. The summed E-state index contributed by atoms with van der Waals surface area (Å²) in [5.74, 6) is 1.57. The number of carbonyl (C=O) groups excluding carboxylic acids is 1. The van der Waals surface area contributed by atoms with Crippen LogP contribution in [0.1, 0.15) is 35.7 Å². The number of halogens is 2. The first kappa shape index (κ1) is 30.2. The summed E-state index contributed by atoms with van der Waals surface area (Å²) in [6.07, 6.45) is 1.18. The van der Waals surface area contributed by atoms with Crippen LogP contribution in [-0.4, -0.2) is 80.5 Å². The number of amides is 2. The van der Waals surface area contributed by atoms with E-state index in [1.165, 1.54) is 10.6 Å². The van der Waals surface area contributed by atoms with Crippen molar-refractivity contribution >= 4 is 45.1 Å². The van der Waals surface area contributed by atoms with Crippen molar-refractivity contribution in [3.8, 4) is 11.5 Å². The van der Waals surface area contributed by atoms with Gasteiger partial charge in [-0.2, -0.15) is 4.31 Å². The highest BCUT2D eigenvalue weighted by molar-refractivity contribution is 7.88. The van der Waals surface area contributed by atoms with Gasteiger partial charge in [0.25, 0.3) is 0 Å². The van der Waals surface area contributed by atoms with E-state index in [2.05, 4.69) is 0 Å². The monoisotopic (exact) mass is 630 g/mol. The van der Waals surface area contributed by atoms with Crippen LogP contribution in [0, 0.1) is 0 Å². The van der Waals surface area contributed by atoms with Gasteiger partial charge in [0, 0.05) is 36.2 Å². The predicted octanol–water partition coefficient (Wildman–Crippen LogP) is 5.64. The van der Waals surface area contributed by atoms with Gasteiger partial charge in [0.1, 0.15) is 23.4 Å². The number of sulfonamides is 1. The van der Waals surface area contributed by atoms with E-state index in [-0.39, 0.29) is 32.2 Å². The third-order valence-electron chi connectivity index (χ3n) is 7.40. The Labute approximate surface area is 256 Å². The summed E-state index contributed by atoms with van der Waals surface area (Å²) in [6.45, 7) is 3.20. The van der Waals surface area contributed by atoms with E-state index in [0.717, 1.165) is 11.1 Å². The smallest absolute Gasteiger partial charge is 0.326 e. The second-order valence-corrected chi connectivity index (χ2v) is 12.9. The molecule has 0 bridgehead atoms. The lowest BCUT2D eigenvalue weighted by Crippen LogP contribution is -2.55. The standard InChI is InChI=1S/C30H32Cl2N4O5S/c1-4-41-26-14-13-24(40-2)19-25(26)29-33-27(20-5-9-22(31)10-6-20)28(21-7-11-23(32)12-8-21)36(29)30(37)34-15-17-35(18-16-34)42(3,38)39/h5-14,19,27-28H,4,15-18H2,1-3H3. The van der Waals surface area contributed by atoms with Crippen LogP contribution in [0.15, 0.2) is 71.7 Å². The van der Waals surface area contributed by atoms with E-state index in [1.807, 2.05) is 37.3 Å². The first-order valence-corrected chi connectivity index (χ1v) is 16.1. The maximum absolute atomic E-state index is 14.5. The number of urea groups is 1. The molecule has 0 aromatic heterocycles. The van der Waals surface area contributed by atoms with Gasteiger partial charge in [0.2, 0.25) is 10.0 Å². The summed E-state index contributed by atoms with van der Waals surface area (Å²) in [4.78, 5) is 23.1. The van der Waals surface area contributed by atoms with E-state index in [0.29, 0.717) is 39.6 Å². The van der Waals surface area contributed by atoms with E-state index in [1.54, 1.807) is 53.3 Å². The molecule has 2 atom stereocenters. The van der Waals surface area contributed by atoms with Crippen LogP contribution >= 0.6 is 23.2 Å². The first-order chi connectivity index (χ1) is 20.1. The predicted molar refractivity (Wildman–Crippen MR) is 164 cm³/mol. The van der Waals surface area contributed by atoms with Crippen LogP contribution in [0.2, 0.25) is 10.0 Å². The van der Waals surface area contributed by atoms with Crippen molar-refractivity contribution in [3.63, 3.8) is 0 Å². The van der Waals surface area contributed by atoms with Crippen LogP contribution in [0.3, 0.4) is 0 Å². The molecule has 0 N–H and O–H groups in total.